The monoisotopic (exact) mass is 475 g/mol. The lowest BCUT2D eigenvalue weighted by atomic mass is 10.2. The highest BCUT2D eigenvalue weighted by atomic mass is 16.5. The van der Waals surface area contributed by atoms with Crippen molar-refractivity contribution in [2.75, 3.05) is 31.6 Å². The Morgan fingerprint density at radius 2 is 1.97 bits per heavy atom. The second kappa shape index (κ2) is 8.96. The molecule has 12 heteroatoms. The molecule has 180 valence electrons. The molecular weight excluding hydrogens is 450 g/mol. The molecule has 4 heterocycles. The van der Waals surface area contributed by atoms with Crippen LogP contribution in [0, 0.1) is 0 Å². The minimum atomic E-state index is -0.497. The van der Waals surface area contributed by atoms with E-state index in [-0.39, 0.29) is 17.6 Å². The van der Waals surface area contributed by atoms with Crippen molar-refractivity contribution in [3.05, 3.63) is 63.0 Å². The van der Waals surface area contributed by atoms with Gasteiger partial charge < -0.3 is 20.1 Å². The number of morpholine rings is 1. The number of hydrogen-bond donors (Lipinski definition) is 4. The first-order valence-electron chi connectivity index (χ1n) is 11.6. The standard InChI is InChI=1S/C23H25N9O3/c33-20-18(27-23(34)29-20)11-15-12-24-32-19(15)28-21(30-22(32)26-17-5-6-17)25-16-3-1-14(2-4-16)13-31-7-9-35-10-8-31/h1-4,11-12,17,33H,5-10,13H2,(H,25,26,30)(H2,27,29,34)/b15-11+. The number of nitrogens with zero attached hydrogens (tertiary/aromatic N) is 6. The van der Waals surface area contributed by atoms with Gasteiger partial charge in [0.05, 0.1) is 25.5 Å². The quantitative estimate of drug-likeness (QED) is 0.305. The number of imidazole rings is 1. The summed E-state index contributed by atoms with van der Waals surface area (Å²) in [7, 11) is 0. The van der Waals surface area contributed by atoms with Gasteiger partial charge >= 0.3 is 5.69 Å². The predicted molar refractivity (Wildman–Crippen MR) is 127 cm³/mol. The van der Waals surface area contributed by atoms with Gasteiger partial charge in [0.2, 0.25) is 11.8 Å². The number of fused-ring (bicyclic) bond motifs is 1. The van der Waals surface area contributed by atoms with Crippen LogP contribution in [0.3, 0.4) is 0 Å². The van der Waals surface area contributed by atoms with Crippen molar-refractivity contribution in [1.82, 2.24) is 34.4 Å². The van der Waals surface area contributed by atoms with E-state index in [2.05, 4.69) is 52.4 Å². The van der Waals surface area contributed by atoms with Gasteiger partial charge in [-0.1, -0.05) is 12.1 Å². The molecule has 0 radical (unpaired) electrons. The highest BCUT2D eigenvalue weighted by Crippen LogP contribution is 2.22. The van der Waals surface area contributed by atoms with E-state index in [4.69, 9.17) is 4.74 Å². The van der Waals surface area contributed by atoms with Gasteiger partial charge in [0.25, 0.3) is 5.62 Å². The first kappa shape index (κ1) is 21.5. The number of aromatic hydroxyl groups is 1. The lowest BCUT2D eigenvalue weighted by molar-refractivity contribution is 0.0342. The van der Waals surface area contributed by atoms with Crippen LogP contribution >= 0.6 is 0 Å². The minimum absolute atomic E-state index is 0.238. The number of anilines is 2. The van der Waals surface area contributed by atoms with Crippen LogP contribution in [0.25, 0.3) is 11.7 Å². The van der Waals surface area contributed by atoms with Crippen LogP contribution in [-0.2, 0) is 11.3 Å². The normalized spacial score (nSPS) is 17.9. The van der Waals surface area contributed by atoms with E-state index in [1.807, 2.05) is 12.1 Å². The van der Waals surface area contributed by atoms with Crippen LogP contribution in [0.4, 0.5) is 11.6 Å². The van der Waals surface area contributed by atoms with E-state index in [1.54, 1.807) is 16.8 Å². The molecular formula is C23H25N9O3. The molecule has 0 atom stereocenters. The second-order valence-electron chi connectivity index (χ2n) is 8.74. The van der Waals surface area contributed by atoms with Gasteiger partial charge in [0, 0.05) is 30.5 Å². The number of aromatic nitrogens is 6. The Kier molecular flexibility index (Phi) is 5.51. The summed E-state index contributed by atoms with van der Waals surface area (Å²) in [6.45, 7) is 4.34. The van der Waals surface area contributed by atoms with Crippen LogP contribution < -0.4 is 21.8 Å². The maximum atomic E-state index is 11.5. The molecule has 0 spiro atoms. The molecule has 1 aliphatic heterocycles. The molecule has 6 rings (SSSR count). The number of hydrogen-bond acceptors (Lipinski definition) is 9. The number of H-pyrrole nitrogens is 2. The summed E-state index contributed by atoms with van der Waals surface area (Å²) in [5.41, 5.74) is 2.79. The Morgan fingerprint density at radius 3 is 2.69 bits per heavy atom. The molecule has 3 aromatic heterocycles. The Hall–Kier alpha value is -4.03. The fourth-order valence-electron chi connectivity index (χ4n) is 3.98. The van der Waals surface area contributed by atoms with Gasteiger partial charge in [-0.25, -0.2) is 9.79 Å². The fraction of sp³-hybridized carbons (Fsp3) is 0.348. The van der Waals surface area contributed by atoms with E-state index in [0.717, 1.165) is 51.4 Å². The van der Waals surface area contributed by atoms with Crippen LogP contribution in [0.15, 0.2) is 40.2 Å². The molecule has 1 saturated carbocycles. The van der Waals surface area contributed by atoms with Crippen LogP contribution in [0.2, 0.25) is 0 Å². The summed E-state index contributed by atoms with van der Waals surface area (Å²) in [6.07, 6.45) is 5.26. The van der Waals surface area contributed by atoms with Crippen molar-refractivity contribution >= 4 is 23.4 Å². The summed E-state index contributed by atoms with van der Waals surface area (Å²) in [6, 6.07) is 8.44. The minimum Gasteiger partial charge on any atom is -0.493 e. The average molecular weight is 476 g/mol. The van der Waals surface area contributed by atoms with Crippen molar-refractivity contribution in [3.63, 3.8) is 0 Å². The zero-order chi connectivity index (χ0) is 23.8. The molecule has 1 aromatic carbocycles. The van der Waals surface area contributed by atoms with Gasteiger partial charge in [-0.2, -0.15) is 19.6 Å². The van der Waals surface area contributed by atoms with E-state index in [9.17, 15) is 9.90 Å². The summed E-state index contributed by atoms with van der Waals surface area (Å²) < 4.78 is 6.99. The molecule has 4 aromatic rings. The highest BCUT2D eigenvalue weighted by Gasteiger charge is 2.21. The smallest absolute Gasteiger partial charge is 0.326 e. The first-order chi connectivity index (χ1) is 17.1. The predicted octanol–water partition coefficient (Wildman–Crippen LogP) is 0.0329. The van der Waals surface area contributed by atoms with Crippen molar-refractivity contribution in [2.24, 2.45) is 4.99 Å². The molecule has 35 heavy (non-hydrogen) atoms. The number of aromatic amines is 2. The Morgan fingerprint density at radius 1 is 1.17 bits per heavy atom. The van der Waals surface area contributed by atoms with E-state index >= 15 is 0 Å². The van der Waals surface area contributed by atoms with Gasteiger partial charge in [-0.05, 0) is 36.6 Å². The number of nitrogens with one attached hydrogen (secondary N) is 3. The Bertz CT molecular complexity index is 1530. The maximum Gasteiger partial charge on any atom is 0.326 e. The molecule has 4 N–H and O–H groups in total. The third kappa shape index (κ3) is 4.79. The molecule has 2 aliphatic rings. The zero-order valence-electron chi connectivity index (χ0n) is 18.9. The van der Waals surface area contributed by atoms with E-state index in [1.165, 1.54) is 5.56 Å². The highest BCUT2D eigenvalue weighted by molar-refractivity contribution is 5.59. The van der Waals surface area contributed by atoms with Gasteiger partial charge in [0.15, 0.2) is 5.65 Å². The van der Waals surface area contributed by atoms with E-state index < -0.39 is 5.69 Å². The molecule has 0 unspecified atom stereocenters. The fourth-order valence-corrected chi connectivity index (χ4v) is 3.98. The molecule has 0 amide bonds. The van der Waals surface area contributed by atoms with Crippen molar-refractivity contribution in [3.8, 4) is 5.88 Å². The average Bonchev–Trinajstić information content (AvgIpc) is 3.49. The number of rotatable bonds is 6. The Labute approximate surface area is 199 Å². The summed E-state index contributed by atoms with van der Waals surface area (Å²) in [5, 5.41) is 18.2. The van der Waals surface area contributed by atoms with Gasteiger partial charge in [-0.3, -0.25) is 9.88 Å². The largest absolute Gasteiger partial charge is 0.493 e. The van der Waals surface area contributed by atoms with Crippen molar-refractivity contribution in [1.29, 1.82) is 0 Å². The second-order valence-corrected chi connectivity index (χ2v) is 8.74. The topological polar surface area (TPSA) is 149 Å². The summed E-state index contributed by atoms with van der Waals surface area (Å²) in [5.74, 6) is 0.140. The lowest BCUT2D eigenvalue weighted by Crippen LogP contribution is -2.35. The molecule has 12 nitrogen and oxygen atoms in total. The SMILES string of the molecule is O=c1[nH]c(O)c(/C=c2\cnn3c(=NC4CC4)nc(Nc4ccc(CN5CCOCC5)cc4)nc23)[nH]1. The van der Waals surface area contributed by atoms with Crippen LogP contribution in [0.1, 0.15) is 24.1 Å². The zero-order valence-corrected chi connectivity index (χ0v) is 18.9. The summed E-state index contributed by atoms with van der Waals surface area (Å²) >= 11 is 0. The maximum absolute atomic E-state index is 11.5. The Balaban J connectivity index is 1.32. The molecule has 1 aliphatic carbocycles. The molecule has 2 fully saturated rings. The van der Waals surface area contributed by atoms with Crippen LogP contribution in [-0.4, -0.2) is 71.9 Å². The third-order valence-corrected chi connectivity index (χ3v) is 5.98. The number of benzene rings is 1. The third-order valence-electron chi connectivity index (χ3n) is 5.98. The van der Waals surface area contributed by atoms with Crippen molar-refractivity contribution < 1.29 is 9.84 Å². The van der Waals surface area contributed by atoms with Crippen molar-refractivity contribution in [2.45, 2.75) is 25.4 Å². The number of ether oxygens (including phenoxy) is 1. The van der Waals surface area contributed by atoms with E-state index in [0.29, 0.717) is 22.4 Å². The lowest BCUT2D eigenvalue weighted by Gasteiger charge is -2.26. The first-order valence-corrected chi connectivity index (χ1v) is 11.6. The molecule has 1 saturated heterocycles. The van der Waals surface area contributed by atoms with Crippen LogP contribution in [0.5, 0.6) is 5.88 Å². The summed E-state index contributed by atoms with van der Waals surface area (Å²) in [4.78, 5) is 32.7. The molecule has 0 bridgehead atoms. The van der Waals surface area contributed by atoms with Gasteiger partial charge in [0.1, 0.15) is 5.69 Å². The van der Waals surface area contributed by atoms with Gasteiger partial charge in [-0.15, -0.1) is 0 Å².